The van der Waals surface area contributed by atoms with Crippen molar-refractivity contribution in [1.82, 2.24) is 5.32 Å². The molecule has 1 N–H and O–H groups in total. The quantitative estimate of drug-likeness (QED) is 0.417. The highest BCUT2D eigenvalue weighted by Crippen LogP contribution is 2.43. The summed E-state index contributed by atoms with van der Waals surface area (Å²) in [6.45, 7) is 9.60. The highest BCUT2D eigenvalue weighted by Gasteiger charge is 2.33. The van der Waals surface area contributed by atoms with Crippen LogP contribution in [0.15, 0.2) is 11.1 Å². The Kier molecular flexibility index (Phi) is 5.78. The highest BCUT2D eigenvalue weighted by atomic mass is 127. The summed E-state index contributed by atoms with van der Waals surface area (Å²) in [5.41, 5.74) is 1.84. The molecule has 1 aliphatic carbocycles. The maximum absolute atomic E-state index is 3.68. The molecule has 116 valence electrons. The van der Waals surface area contributed by atoms with Gasteiger partial charge in [0.25, 0.3) is 0 Å². The number of halogens is 1. The third kappa shape index (κ3) is 5.11. The Bertz CT molecular complexity index is 362. The van der Waals surface area contributed by atoms with E-state index in [2.05, 4.69) is 61.0 Å². The molecule has 0 aromatic heterocycles. The first-order valence-corrected chi connectivity index (χ1v) is 10.1. The third-order valence-electron chi connectivity index (χ3n) is 4.85. The zero-order chi connectivity index (χ0) is 14.8. The van der Waals surface area contributed by atoms with Crippen LogP contribution in [0.1, 0.15) is 72.6 Å². The van der Waals surface area contributed by atoms with Gasteiger partial charge >= 0.3 is 0 Å². The lowest BCUT2D eigenvalue weighted by Crippen LogP contribution is -2.33. The van der Waals surface area contributed by atoms with Gasteiger partial charge in [-0.3, -0.25) is 0 Å². The Balaban J connectivity index is 2.00. The van der Waals surface area contributed by atoms with Crippen LogP contribution in [0.5, 0.6) is 0 Å². The first-order chi connectivity index (χ1) is 9.27. The molecule has 0 aromatic carbocycles. The molecule has 0 bridgehead atoms. The van der Waals surface area contributed by atoms with E-state index in [4.69, 9.17) is 0 Å². The van der Waals surface area contributed by atoms with Crippen LogP contribution >= 0.6 is 34.4 Å². The van der Waals surface area contributed by atoms with E-state index in [1.807, 2.05) is 11.8 Å². The lowest BCUT2D eigenvalue weighted by Gasteiger charge is -2.37. The average molecular weight is 407 g/mol. The van der Waals surface area contributed by atoms with E-state index in [0.29, 0.717) is 14.2 Å². The molecule has 0 radical (unpaired) electrons. The second-order valence-corrected chi connectivity index (χ2v) is 11.4. The lowest BCUT2D eigenvalue weighted by atomic mass is 9.74. The van der Waals surface area contributed by atoms with Crippen molar-refractivity contribution < 1.29 is 0 Å². The molecule has 0 saturated heterocycles. The molecule has 2 rings (SSSR count). The number of allylic oxidation sites excluding steroid dienone is 1. The van der Waals surface area contributed by atoms with E-state index < -0.39 is 0 Å². The van der Waals surface area contributed by atoms with Gasteiger partial charge in [0.05, 0.1) is 5.37 Å². The normalized spacial score (nSPS) is 39.0. The summed E-state index contributed by atoms with van der Waals surface area (Å²) in [5.74, 6) is 0.822. The van der Waals surface area contributed by atoms with E-state index in [9.17, 15) is 0 Å². The molecule has 20 heavy (non-hydrogen) atoms. The lowest BCUT2D eigenvalue weighted by molar-refractivity contribution is 0.207. The molecule has 0 amide bonds. The van der Waals surface area contributed by atoms with Crippen LogP contribution in [0, 0.1) is 11.3 Å². The number of alkyl halides is 1. The van der Waals surface area contributed by atoms with E-state index in [-0.39, 0.29) is 0 Å². The van der Waals surface area contributed by atoms with Gasteiger partial charge in [-0.05, 0) is 55.8 Å². The van der Waals surface area contributed by atoms with Crippen molar-refractivity contribution >= 4 is 34.4 Å². The monoisotopic (exact) mass is 407 g/mol. The van der Waals surface area contributed by atoms with Crippen molar-refractivity contribution in [1.29, 1.82) is 0 Å². The molecule has 1 nitrogen and oxygen atoms in total. The van der Waals surface area contributed by atoms with Crippen molar-refractivity contribution in [2.75, 3.05) is 0 Å². The Hall–Kier alpha value is 0.620. The maximum atomic E-state index is 3.68. The fourth-order valence-corrected chi connectivity index (χ4v) is 5.27. The molecular weight excluding hydrogens is 377 g/mol. The first-order valence-electron chi connectivity index (χ1n) is 8.05. The molecule has 0 spiro atoms. The maximum Gasteiger partial charge on any atom is 0.0789 e. The molecular formula is C17H30INS. The summed E-state index contributed by atoms with van der Waals surface area (Å²) < 4.78 is 0.514. The Morgan fingerprint density at radius 1 is 1.20 bits per heavy atom. The number of hydrogen-bond acceptors (Lipinski definition) is 2. The van der Waals surface area contributed by atoms with Crippen molar-refractivity contribution in [2.45, 2.75) is 81.4 Å². The van der Waals surface area contributed by atoms with Gasteiger partial charge < -0.3 is 5.32 Å². The summed E-state index contributed by atoms with van der Waals surface area (Å²) in [5, 5.41) is 6.61. The summed E-state index contributed by atoms with van der Waals surface area (Å²) >= 11 is 4.71. The SMILES string of the molecule is CC1=CS[C@H](C2CCCC[C@@](C)(I)CCC(C)(C)C2)N1. The van der Waals surface area contributed by atoms with Crippen LogP contribution in [-0.2, 0) is 0 Å². The summed E-state index contributed by atoms with van der Waals surface area (Å²) in [4.78, 5) is 0. The minimum atomic E-state index is 0.479. The van der Waals surface area contributed by atoms with Crippen molar-refractivity contribution in [3.8, 4) is 0 Å². The summed E-state index contributed by atoms with van der Waals surface area (Å²) in [7, 11) is 0. The van der Waals surface area contributed by atoms with Gasteiger partial charge in [-0.2, -0.15) is 0 Å². The highest BCUT2D eigenvalue weighted by molar-refractivity contribution is 14.1. The molecule has 1 unspecified atom stereocenters. The molecule has 2 aliphatic rings. The number of hydrogen-bond donors (Lipinski definition) is 1. The predicted octanol–water partition coefficient (Wildman–Crippen LogP) is 6.09. The summed E-state index contributed by atoms with van der Waals surface area (Å²) in [6, 6.07) is 0. The topological polar surface area (TPSA) is 12.0 Å². The van der Waals surface area contributed by atoms with Gasteiger partial charge in [0.2, 0.25) is 0 Å². The molecule has 1 heterocycles. The Morgan fingerprint density at radius 3 is 2.60 bits per heavy atom. The number of nitrogens with one attached hydrogen (secondary N) is 1. The molecule has 1 fully saturated rings. The summed E-state index contributed by atoms with van der Waals surface area (Å²) in [6.07, 6.45) is 9.69. The average Bonchev–Trinajstić information content (AvgIpc) is 2.77. The first kappa shape index (κ1) is 17.0. The molecule has 3 atom stereocenters. The van der Waals surface area contributed by atoms with Gasteiger partial charge in [-0.1, -0.05) is 56.2 Å². The second-order valence-electron chi connectivity index (χ2n) is 7.79. The number of rotatable bonds is 1. The fraction of sp³-hybridized carbons (Fsp3) is 0.882. The van der Waals surface area contributed by atoms with Crippen LogP contribution in [0.2, 0.25) is 0 Å². The zero-order valence-electron chi connectivity index (χ0n) is 13.5. The molecule has 1 saturated carbocycles. The van der Waals surface area contributed by atoms with Crippen LogP contribution < -0.4 is 5.32 Å². The van der Waals surface area contributed by atoms with E-state index in [0.717, 1.165) is 5.92 Å². The van der Waals surface area contributed by atoms with E-state index in [1.54, 1.807) is 0 Å². The van der Waals surface area contributed by atoms with Gasteiger partial charge in [-0.25, -0.2) is 0 Å². The van der Waals surface area contributed by atoms with Gasteiger partial charge in [0.15, 0.2) is 0 Å². The molecule has 1 aliphatic heterocycles. The van der Waals surface area contributed by atoms with Crippen molar-refractivity contribution in [3.63, 3.8) is 0 Å². The zero-order valence-corrected chi connectivity index (χ0v) is 16.4. The van der Waals surface area contributed by atoms with Crippen LogP contribution in [0.3, 0.4) is 0 Å². The van der Waals surface area contributed by atoms with Gasteiger partial charge in [0, 0.05) is 9.12 Å². The van der Waals surface area contributed by atoms with E-state index >= 15 is 0 Å². The molecule has 3 heteroatoms. The minimum absolute atomic E-state index is 0.479. The van der Waals surface area contributed by atoms with Crippen molar-refractivity contribution in [2.24, 2.45) is 11.3 Å². The molecule has 0 aromatic rings. The Morgan fingerprint density at radius 2 is 1.95 bits per heavy atom. The third-order valence-corrected chi connectivity index (χ3v) is 7.21. The largest absolute Gasteiger partial charge is 0.376 e. The smallest absolute Gasteiger partial charge is 0.0789 e. The second kappa shape index (κ2) is 6.80. The Labute approximate surface area is 143 Å². The fourth-order valence-electron chi connectivity index (χ4n) is 3.49. The minimum Gasteiger partial charge on any atom is -0.376 e. The van der Waals surface area contributed by atoms with Crippen LogP contribution in [0.25, 0.3) is 0 Å². The van der Waals surface area contributed by atoms with Gasteiger partial charge in [-0.15, -0.1) is 11.8 Å². The predicted molar refractivity (Wildman–Crippen MR) is 100 cm³/mol. The van der Waals surface area contributed by atoms with Crippen molar-refractivity contribution in [3.05, 3.63) is 11.1 Å². The van der Waals surface area contributed by atoms with Crippen LogP contribution in [0.4, 0.5) is 0 Å². The van der Waals surface area contributed by atoms with Crippen LogP contribution in [-0.4, -0.2) is 8.80 Å². The standard InChI is InChI=1S/C17H30INS/c1-13-12-20-15(19-13)14-7-5-6-8-17(4,18)10-9-16(2,3)11-14/h12,14-15,19H,5-11H2,1-4H3/t14?,15-,17-/m1/s1. The van der Waals surface area contributed by atoms with E-state index in [1.165, 1.54) is 50.6 Å². The number of thioether (sulfide) groups is 1. The van der Waals surface area contributed by atoms with Gasteiger partial charge in [0.1, 0.15) is 0 Å².